The van der Waals surface area contributed by atoms with Crippen LogP contribution in [0.4, 0.5) is 4.39 Å². The van der Waals surface area contributed by atoms with Gasteiger partial charge in [-0.15, -0.1) is 0 Å². The van der Waals surface area contributed by atoms with Gasteiger partial charge in [0.1, 0.15) is 5.82 Å². The lowest BCUT2D eigenvalue weighted by Gasteiger charge is -2.32. The van der Waals surface area contributed by atoms with E-state index in [2.05, 4.69) is 10.1 Å². The van der Waals surface area contributed by atoms with Gasteiger partial charge in [-0.3, -0.25) is 4.79 Å². The molecule has 0 bridgehead atoms. The topological polar surface area (TPSA) is 58.6 Å². The molecule has 0 aliphatic carbocycles. The van der Waals surface area contributed by atoms with Crippen molar-refractivity contribution in [3.63, 3.8) is 0 Å². The van der Waals surface area contributed by atoms with E-state index < -0.39 is 5.60 Å². The molecule has 0 spiro atoms. The zero-order chi connectivity index (χ0) is 14.8. The van der Waals surface area contributed by atoms with Crippen LogP contribution in [0.15, 0.2) is 24.3 Å². The lowest BCUT2D eigenvalue weighted by atomic mass is 9.86. The maximum Gasteiger partial charge on any atom is 0.293 e. The monoisotopic (exact) mass is 283 g/mol. The minimum Gasteiger partial charge on any atom is -0.468 e. The molecule has 20 heavy (non-hydrogen) atoms. The Morgan fingerprint density at radius 2 is 1.95 bits per heavy atom. The molecule has 1 aromatic carbocycles. The van der Waals surface area contributed by atoms with Crippen LogP contribution in [-0.4, -0.2) is 36.9 Å². The van der Waals surface area contributed by atoms with Gasteiger partial charge in [-0.05, 0) is 50.6 Å². The number of rotatable bonds is 4. The normalized spacial score (nSPS) is 16.8. The highest BCUT2D eigenvalue weighted by Gasteiger charge is 2.28. The van der Waals surface area contributed by atoms with Crippen molar-refractivity contribution in [3.05, 3.63) is 35.6 Å². The summed E-state index contributed by atoms with van der Waals surface area (Å²) in [6, 6.07) is 6.38. The predicted octanol–water partition coefficient (Wildman–Crippen LogP) is 1.66. The molecule has 0 amide bonds. The van der Waals surface area contributed by atoms with Crippen molar-refractivity contribution in [1.82, 2.24) is 5.32 Å². The van der Waals surface area contributed by atoms with Crippen LogP contribution in [0.5, 0.6) is 0 Å². The molecule has 5 heteroatoms. The lowest BCUT2D eigenvalue weighted by molar-refractivity contribution is -0.128. The molecule has 1 aliphatic rings. The molecule has 0 aromatic heterocycles. The smallest absolute Gasteiger partial charge is 0.293 e. The highest BCUT2D eigenvalue weighted by Crippen LogP contribution is 2.23. The van der Waals surface area contributed by atoms with Crippen LogP contribution in [0.1, 0.15) is 25.3 Å². The summed E-state index contributed by atoms with van der Waals surface area (Å²) in [4.78, 5) is 9.18. The molecule has 2 N–H and O–H groups in total. The van der Waals surface area contributed by atoms with Crippen LogP contribution < -0.4 is 5.32 Å². The number of hydrogen-bond donors (Lipinski definition) is 2. The van der Waals surface area contributed by atoms with E-state index in [0.717, 1.165) is 31.5 Å². The number of halogens is 1. The molecule has 4 nitrogen and oxygen atoms in total. The minimum atomic E-state index is -0.608. The quantitative estimate of drug-likeness (QED) is 0.825. The van der Waals surface area contributed by atoms with E-state index in [9.17, 15) is 14.3 Å². The van der Waals surface area contributed by atoms with Gasteiger partial charge in [0, 0.05) is 6.42 Å². The average molecular weight is 283 g/mol. The maximum absolute atomic E-state index is 12.7. The highest BCUT2D eigenvalue weighted by atomic mass is 19.1. The molecule has 1 aromatic rings. The second kappa shape index (κ2) is 8.66. The molecule has 1 heterocycles. The van der Waals surface area contributed by atoms with Crippen molar-refractivity contribution in [2.45, 2.75) is 31.8 Å². The molecule has 1 fully saturated rings. The summed E-state index contributed by atoms with van der Waals surface area (Å²) in [6.07, 6.45) is 2.16. The van der Waals surface area contributed by atoms with Gasteiger partial charge in [0.05, 0.1) is 12.2 Å². The van der Waals surface area contributed by atoms with Crippen molar-refractivity contribution in [3.8, 4) is 0 Å². The van der Waals surface area contributed by atoms with Crippen LogP contribution in [0, 0.1) is 5.82 Å². The minimum absolute atomic E-state index is 0.226. The largest absolute Gasteiger partial charge is 0.468 e. The summed E-state index contributed by atoms with van der Waals surface area (Å²) >= 11 is 0. The third-order valence-corrected chi connectivity index (χ3v) is 3.22. The molecule has 0 atom stereocenters. The van der Waals surface area contributed by atoms with Crippen LogP contribution in [0.2, 0.25) is 0 Å². The number of ether oxygens (including phenoxy) is 1. The van der Waals surface area contributed by atoms with Crippen LogP contribution in [-0.2, 0) is 16.0 Å². The Morgan fingerprint density at radius 1 is 1.35 bits per heavy atom. The first-order chi connectivity index (χ1) is 9.59. The fourth-order valence-electron chi connectivity index (χ4n) is 2.12. The summed E-state index contributed by atoms with van der Waals surface area (Å²) in [5, 5.41) is 13.5. The first-order valence-corrected chi connectivity index (χ1v) is 6.82. The SMILES string of the molecule is CCOC=O.OC1(Cc2ccc(F)cc2)CCNCC1. The summed E-state index contributed by atoms with van der Waals surface area (Å²) in [7, 11) is 0. The Morgan fingerprint density at radius 3 is 2.40 bits per heavy atom. The maximum atomic E-state index is 12.7. The predicted molar refractivity (Wildman–Crippen MR) is 74.8 cm³/mol. The molecule has 0 saturated carbocycles. The van der Waals surface area contributed by atoms with Crippen molar-refractivity contribution in [2.24, 2.45) is 0 Å². The number of benzene rings is 1. The van der Waals surface area contributed by atoms with E-state index in [0.29, 0.717) is 19.5 Å². The zero-order valence-corrected chi connectivity index (χ0v) is 11.8. The third-order valence-electron chi connectivity index (χ3n) is 3.22. The van der Waals surface area contributed by atoms with Gasteiger partial charge in [-0.2, -0.15) is 0 Å². The highest BCUT2D eigenvalue weighted by molar-refractivity contribution is 5.36. The zero-order valence-electron chi connectivity index (χ0n) is 11.8. The van der Waals surface area contributed by atoms with Gasteiger partial charge in [0.15, 0.2) is 0 Å². The second-order valence-electron chi connectivity index (χ2n) is 4.83. The molecular weight excluding hydrogens is 261 g/mol. The standard InChI is InChI=1S/C12H16FNO.C3H6O2/c13-11-3-1-10(2-4-11)9-12(15)5-7-14-8-6-12;1-2-5-3-4/h1-4,14-15H,5-9H2;3H,2H2,1H3. The van der Waals surface area contributed by atoms with Crippen LogP contribution in [0.25, 0.3) is 0 Å². The Labute approximate surface area is 119 Å². The number of carbonyl (C=O) groups is 1. The Hall–Kier alpha value is -1.46. The van der Waals surface area contributed by atoms with Gasteiger partial charge in [-0.25, -0.2) is 4.39 Å². The average Bonchev–Trinajstić information content (AvgIpc) is 2.44. The van der Waals surface area contributed by atoms with Crippen LogP contribution in [0.3, 0.4) is 0 Å². The van der Waals surface area contributed by atoms with Gasteiger partial charge in [-0.1, -0.05) is 12.1 Å². The first-order valence-electron chi connectivity index (χ1n) is 6.82. The summed E-state index contributed by atoms with van der Waals surface area (Å²) in [5.74, 6) is -0.226. The van der Waals surface area contributed by atoms with E-state index in [1.165, 1.54) is 12.1 Å². The number of hydrogen-bond acceptors (Lipinski definition) is 4. The van der Waals surface area contributed by atoms with E-state index in [4.69, 9.17) is 0 Å². The number of carbonyl (C=O) groups excluding carboxylic acids is 1. The second-order valence-corrected chi connectivity index (χ2v) is 4.83. The number of aliphatic hydroxyl groups is 1. The van der Waals surface area contributed by atoms with Crippen LogP contribution >= 0.6 is 0 Å². The fourth-order valence-corrected chi connectivity index (χ4v) is 2.12. The molecule has 2 rings (SSSR count). The molecule has 0 unspecified atom stereocenters. The molecule has 0 radical (unpaired) electrons. The molecule has 112 valence electrons. The van der Waals surface area contributed by atoms with Crippen molar-refractivity contribution in [2.75, 3.05) is 19.7 Å². The van der Waals surface area contributed by atoms with Gasteiger partial charge < -0.3 is 15.2 Å². The molecular formula is C15H22FNO3. The van der Waals surface area contributed by atoms with E-state index in [1.54, 1.807) is 19.1 Å². The van der Waals surface area contributed by atoms with Crippen molar-refractivity contribution >= 4 is 6.47 Å². The fraction of sp³-hybridized carbons (Fsp3) is 0.533. The summed E-state index contributed by atoms with van der Waals surface area (Å²) < 4.78 is 16.8. The Kier molecular flexibility index (Phi) is 7.18. The van der Waals surface area contributed by atoms with Gasteiger partial charge in [0.25, 0.3) is 6.47 Å². The van der Waals surface area contributed by atoms with E-state index >= 15 is 0 Å². The third kappa shape index (κ3) is 6.12. The van der Waals surface area contributed by atoms with Crippen molar-refractivity contribution in [1.29, 1.82) is 0 Å². The van der Waals surface area contributed by atoms with Crippen molar-refractivity contribution < 1.29 is 19.0 Å². The summed E-state index contributed by atoms with van der Waals surface area (Å²) in [6.45, 7) is 4.38. The Balaban J connectivity index is 0.000000347. The first kappa shape index (κ1) is 16.6. The Bertz CT molecular complexity index is 389. The lowest BCUT2D eigenvalue weighted by Crippen LogP contribution is -2.43. The molecule has 1 aliphatic heterocycles. The van der Waals surface area contributed by atoms with Gasteiger partial charge >= 0.3 is 0 Å². The molecule has 1 saturated heterocycles. The van der Waals surface area contributed by atoms with E-state index in [-0.39, 0.29) is 5.82 Å². The number of piperidine rings is 1. The summed E-state index contributed by atoms with van der Waals surface area (Å²) in [5.41, 5.74) is 0.393. The number of nitrogens with one attached hydrogen (secondary N) is 1. The van der Waals surface area contributed by atoms with Gasteiger partial charge in [0.2, 0.25) is 0 Å². The van der Waals surface area contributed by atoms with E-state index in [1.807, 2.05) is 0 Å².